The van der Waals surface area contributed by atoms with Gasteiger partial charge in [-0.3, -0.25) is 9.59 Å². The molecule has 4 nitrogen and oxygen atoms in total. The fourth-order valence-electron chi connectivity index (χ4n) is 3.12. The van der Waals surface area contributed by atoms with Gasteiger partial charge >= 0.3 is 0 Å². The third-order valence-corrected chi connectivity index (χ3v) is 4.59. The zero-order valence-electron chi connectivity index (χ0n) is 11.5. The van der Waals surface area contributed by atoms with E-state index in [-0.39, 0.29) is 39.1 Å². The molecule has 1 heterocycles. The Labute approximate surface area is 130 Å². The summed E-state index contributed by atoms with van der Waals surface area (Å²) >= 11 is 12.0. The zero-order chi connectivity index (χ0) is 15.5. The molecule has 0 saturated carbocycles. The highest BCUT2D eigenvalue weighted by atomic mass is 35.5. The molecule has 0 radical (unpaired) electrons. The molecular formula is C15H13Cl2NO3. The molecule has 2 atom stereocenters. The van der Waals surface area contributed by atoms with E-state index in [1.165, 1.54) is 12.1 Å². The summed E-state index contributed by atoms with van der Waals surface area (Å²) in [5, 5.41) is 11.0. The third kappa shape index (κ3) is 1.97. The zero-order valence-corrected chi connectivity index (χ0v) is 13.0. The predicted molar refractivity (Wildman–Crippen MR) is 81.9 cm³/mol. The molecule has 0 amide bonds. The van der Waals surface area contributed by atoms with Gasteiger partial charge in [0.1, 0.15) is 0 Å². The van der Waals surface area contributed by atoms with Gasteiger partial charge in [-0.2, -0.15) is 4.73 Å². The summed E-state index contributed by atoms with van der Waals surface area (Å²) in [6.45, 7) is 3.67. The summed E-state index contributed by atoms with van der Waals surface area (Å²) in [4.78, 5) is 25.0. The standard InChI is InChI=1S/C15H13Cl2NO3/c1-6-3-7(2)14(19)12-13(6)18(21)10-5-8(16)4-9(17)11(10)15(12)20/h4-7,21H,3H2,1-2H3. The number of hydrogen-bond acceptors (Lipinski definition) is 3. The van der Waals surface area contributed by atoms with Gasteiger partial charge in [-0.05, 0) is 18.6 Å². The van der Waals surface area contributed by atoms with Gasteiger partial charge in [0.05, 0.1) is 27.2 Å². The van der Waals surface area contributed by atoms with Crippen LogP contribution in [0.3, 0.4) is 0 Å². The molecule has 0 aliphatic heterocycles. The Balaban J connectivity index is 2.55. The minimum absolute atomic E-state index is 0.0421. The van der Waals surface area contributed by atoms with Crippen LogP contribution in [0.2, 0.25) is 10.0 Å². The molecule has 0 bridgehead atoms. The smallest absolute Gasteiger partial charge is 0.202 e. The first-order chi connectivity index (χ1) is 9.82. The number of fused-ring (bicyclic) bond motifs is 2. The van der Waals surface area contributed by atoms with Gasteiger partial charge in [0.2, 0.25) is 5.43 Å². The van der Waals surface area contributed by atoms with E-state index in [0.29, 0.717) is 17.1 Å². The van der Waals surface area contributed by atoms with Crippen molar-refractivity contribution in [2.75, 3.05) is 0 Å². The summed E-state index contributed by atoms with van der Waals surface area (Å²) in [6, 6.07) is 2.90. The fraction of sp³-hybridized carbons (Fsp3) is 0.333. The molecule has 0 spiro atoms. The number of pyridine rings is 1. The van der Waals surface area contributed by atoms with E-state index in [1.54, 1.807) is 6.92 Å². The maximum Gasteiger partial charge on any atom is 0.202 e. The number of hydrogen-bond donors (Lipinski definition) is 1. The molecule has 0 fully saturated rings. The quantitative estimate of drug-likeness (QED) is 0.748. The molecule has 21 heavy (non-hydrogen) atoms. The number of benzene rings is 1. The van der Waals surface area contributed by atoms with Gasteiger partial charge < -0.3 is 5.21 Å². The summed E-state index contributed by atoms with van der Waals surface area (Å²) < 4.78 is 0.887. The predicted octanol–water partition coefficient (Wildman–Crippen LogP) is 3.87. The Hall–Kier alpha value is -1.52. The lowest BCUT2D eigenvalue weighted by molar-refractivity contribution is 0.0886. The van der Waals surface area contributed by atoms with E-state index >= 15 is 0 Å². The molecule has 1 aromatic carbocycles. The average Bonchev–Trinajstić information content (AvgIpc) is 2.39. The van der Waals surface area contributed by atoms with Crippen molar-refractivity contribution in [1.29, 1.82) is 0 Å². The molecule has 110 valence electrons. The molecule has 6 heteroatoms. The number of Topliss-reactive ketones (excluding diaryl/α,β-unsaturated/α-hetero) is 1. The number of ketones is 1. The Morgan fingerprint density at radius 3 is 2.52 bits per heavy atom. The molecule has 1 N–H and O–H groups in total. The average molecular weight is 326 g/mol. The second-order valence-corrected chi connectivity index (χ2v) is 6.43. The third-order valence-electron chi connectivity index (χ3n) is 4.07. The van der Waals surface area contributed by atoms with Gasteiger partial charge in [-0.15, -0.1) is 0 Å². The largest absolute Gasteiger partial charge is 0.428 e. The van der Waals surface area contributed by atoms with Crippen molar-refractivity contribution in [2.45, 2.75) is 26.2 Å². The summed E-state index contributed by atoms with van der Waals surface area (Å²) in [5.74, 6) is -0.597. The normalized spacial score (nSPS) is 21.6. The molecule has 0 saturated heterocycles. The number of rotatable bonds is 0. The van der Waals surface area contributed by atoms with Gasteiger partial charge in [-0.1, -0.05) is 37.0 Å². The maximum atomic E-state index is 12.7. The molecule has 1 aliphatic rings. The summed E-state index contributed by atoms with van der Waals surface area (Å²) in [7, 11) is 0. The minimum atomic E-state index is -0.435. The van der Waals surface area contributed by atoms with Crippen LogP contribution in [0.4, 0.5) is 0 Å². The number of aromatic nitrogens is 1. The summed E-state index contributed by atoms with van der Waals surface area (Å²) in [5.41, 5.74) is 0.176. The summed E-state index contributed by atoms with van der Waals surface area (Å²) in [6.07, 6.45) is 0.589. The monoisotopic (exact) mass is 325 g/mol. The van der Waals surface area contributed by atoms with Crippen LogP contribution in [-0.2, 0) is 0 Å². The molecule has 2 unspecified atom stereocenters. The highest BCUT2D eigenvalue weighted by Gasteiger charge is 2.35. The highest BCUT2D eigenvalue weighted by molar-refractivity contribution is 6.38. The van der Waals surface area contributed by atoms with Crippen molar-refractivity contribution in [3.8, 4) is 0 Å². The number of nitrogens with zero attached hydrogens (tertiary/aromatic N) is 1. The number of halogens is 2. The Morgan fingerprint density at radius 2 is 1.86 bits per heavy atom. The van der Waals surface area contributed by atoms with Crippen LogP contribution in [0, 0.1) is 5.92 Å². The van der Waals surface area contributed by atoms with Gasteiger partial charge in [0, 0.05) is 16.9 Å². The van der Waals surface area contributed by atoms with Crippen molar-refractivity contribution < 1.29 is 10.0 Å². The minimum Gasteiger partial charge on any atom is -0.428 e. The van der Waals surface area contributed by atoms with E-state index in [1.807, 2.05) is 6.92 Å². The molecule has 3 rings (SSSR count). The number of carbonyl (C=O) groups is 1. The lowest BCUT2D eigenvalue weighted by Gasteiger charge is -2.27. The molecule has 1 aliphatic carbocycles. The second kappa shape index (κ2) is 4.75. The van der Waals surface area contributed by atoms with E-state index in [4.69, 9.17) is 23.2 Å². The highest BCUT2D eigenvalue weighted by Crippen LogP contribution is 2.36. The SMILES string of the molecule is CC1CC(C)c2c(c(=O)c3c(Cl)cc(Cl)cc3n2O)C1=O. The van der Waals surface area contributed by atoms with Crippen molar-refractivity contribution >= 4 is 39.9 Å². The van der Waals surface area contributed by atoms with Crippen LogP contribution in [0.25, 0.3) is 10.9 Å². The first-order valence-corrected chi connectivity index (χ1v) is 7.39. The van der Waals surface area contributed by atoms with E-state index in [2.05, 4.69) is 0 Å². The van der Waals surface area contributed by atoms with Crippen LogP contribution in [0.1, 0.15) is 42.2 Å². The van der Waals surface area contributed by atoms with Crippen LogP contribution in [0.5, 0.6) is 0 Å². The van der Waals surface area contributed by atoms with Crippen LogP contribution >= 0.6 is 23.2 Å². The van der Waals surface area contributed by atoms with Crippen LogP contribution < -0.4 is 5.43 Å². The van der Waals surface area contributed by atoms with Crippen LogP contribution in [-0.4, -0.2) is 15.7 Å². The van der Waals surface area contributed by atoms with Crippen molar-refractivity contribution in [3.63, 3.8) is 0 Å². The molecular weight excluding hydrogens is 313 g/mol. The Kier molecular flexibility index (Phi) is 3.26. The van der Waals surface area contributed by atoms with Crippen molar-refractivity contribution in [1.82, 2.24) is 4.73 Å². The first kappa shape index (κ1) is 14.4. The Morgan fingerprint density at radius 1 is 1.19 bits per heavy atom. The van der Waals surface area contributed by atoms with Gasteiger partial charge in [0.25, 0.3) is 0 Å². The second-order valence-electron chi connectivity index (χ2n) is 5.58. The lowest BCUT2D eigenvalue weighted by Crippen LogP contribution is -2.33. The van der Waals surface area contributed by atoms with Gasteiger partial charge in [-0.25, -0.2) is 0 Å². The topological polar surface area (TPSA) is 59.3 Å². The lowest BCUT2D eigenvalue weighted by atomic mass is 9.79. The first-order valence-electron chi connectivity index (χ1n) is 6.64. The van der Waals surface area contributed by atoms with E-state index < -0.39 is 5.43 Å². The fourth-order valence-corrected chi connectivity index (χ4v) is 3.69. The molecule has 2 aromatic rings. The van der Waals surface area contributed by atoms with Crippen molar-refractivity contribution in [3.05, 3.63) is 43.7 Å². The molecule has 1 aromatic heterocycles. The maximum absolute atomic E-state index is 12.7. The van der Waals surface area contributed by atoms with E-state index in [9.17, 15) is 14.8 Å². The van der Waals surface area contributed by atoms with Crippen molar-refractivity contribution in [2.24, 2.45) is 5.92 Å². The van der Waals surface area contributed by atoms with Gasteiger partial charge in [0.15, 0.2) is 5.78 Å². The van der Waals surface area contributed by atoms with E-state index in [0.717, 1.165) is 4.73 Å². The number of carbonyl (C=O) groups excluding carboxylic acids is 1. The Bertz CT molecular complexity index is 841. The van der Waals surface area contributed by atoms with Crippen LogP contribution in [0.15, 0.2) is 16.9 Å².